The molecule has 0 amide bonds. The second-order valence-corrected chi connectivity index (χ2v) is 30.1. The smallest absolute Gasteiger partial charge is 0.463 e. The topological polar surface area (TPSA) is 231 Å². The maximum absolute atomic E-state index is 13.0. The number of phosphoric acid groups is 2. The van der Waals surface area contributed by atoms with Gasteiger partial charge in [-0.1, -0.05) is 316 Å². The average molecular weight is 1490 g/mol. The highest BCUT2D eigenvalue weighted by Crippen LogP contribution is 2.45. The first-order valence-corrected chi connectivity index (χ1v) is 43.8. The van der Waals surface area contributed by atoms with Crippen molar-refractivity contribution in [1.82, 2.24) is 0 Å². The molecule has 0 saturated heterocycles. The molecule has 0 aliphatic rings. The molecule has 0 heterocycles. The molecule has 0 spiro atoms. The normalized spacial score (nSPS) is 14.6. The summed E-state index contributed by atoms with van der Waals surface area (Å²) < 4.78 is 61.2. The molecule has 5 atom stereocenters. The highest BCUT2D eigenvalue weighted by Gasteiger charge is 2.29. The summed E-state index contributed by atoms with van der Waals surface area (Å²) in [6, 6.07) is 0. The number of carbonyl (C=O) groups is 3. The van der Waals surface area contributed by atoms with E-state index >= 15 is 0 Å². The van der Waals surface area contributed by atoms with Crippen LogP contribution in [0, 0.1) is 0 Å². The number of rotatable bonds is 77. The van der Waals surface area contributed by atoms with Crippen LogP contribution in [0.3, 0.4) is 0 Å². The number of hydrogen-bond acceptors (Lipinski definition) is 14. The van der Waals surface area contributed by atoms with Crippen LogP contribution in [0.1, 0.15) is 342 Å². The van der Waals surface area contributed by atoms with Gasteiger partial charge in [-0.15, -0.1) is 0 Å². The van der Waals surface area contributed by atoms with Crippen LogP contribution in [-0.4, -0.2) is 95.9 Å². The van der Waals surface area contributed by atoms with Gasteiger partial charge in [-0.05, 0) is 128 Å². The second kappa shape index (κ2) is 77.6. The molecule has 5 unspecified atom stereocenters. The summed E-state index contributed by atoms with van der Waals surface area (Å²) in [7, 11) is -9.79. The van der Waals surface area contributed by atoms with Crippen molar-refractivity contribution in [2.45, 2.75) is 360 Å². The van der Waals surface area contributed by atoms with E-state index in [0.29, 0.717) is 19.3 Å². The van der Waals surface area contributed by atoms with Crippen molar-refractivity contribution in [2.24, 2.45) is 0 Å². The van der Waals surface area contributed by atoms with Crippen molar-refractivity contribution >= 4 is 33.6 Å². The number of aliphatic hydroxyl groups excluding tert-OH is 2. The fourth-order valence-electron chi connectivity index (χ4n) is 11.0. The third kappa shape index (κ3) is 78.8. The summed E-state index contributed by atoms with van der Waals surface area (Å²) in [6.07, 6.45) is 92.6. The van der Waals surface area contributed by atoms with Gasteiger partial charge in [0.15, 0.2) is 6.10 Å². The average Bonchev–Trinajstić information content (AvgIpc) is 0.916. The molecule has 0 rings (SSSR count). The Balaban J connectivity index is 4.44. The molecule has 0 saturated carbocycles. The van der Waals surface area contributed by atoms with Crippen molar-refractivity contribution in [3.05, 3.63) is 122 Å². The number of unbranched alkanes of at least 4 members (excludes halogenated alkanes) is 34. The lowest BCUT2D eigenvalue weighted by atomic mass is 10.0. The van der Waals surface area contributed by atoms with Crippen molar-refractivity contribution in [3.63, 3.8) is 0 Å². The number of phosphoric ester groups is 2. The predicted molar refractivity (Wildman–Crippen MR) is 427 cm³/mol. The monoisotopic (exact) mass is 1490 g/mol. The number of esters is 3. The van der Waals surface area contributed by atoms with Gasteiger partial charge < -0.3 is 34.2 Å². The Labute approximate surface area is 627 Å². The summed E-state index contributed by atoms with van der Waals surface area (Å²) in [5, 5.41) is 20.6. The van der Waals surface area contributed by atoms with Crippen LogP contribution in [0.15, 0.2) is 122 Å². The third-order valence-corrected chi connectivity index (χ3v) is 19.1. The van der Waals surface area contributed by atoms with E-state index in [4.69, 9.17) is 32.3 Å². The van der Waals surface area contributed by atoms with Crippen LogP contribution in [-0.2, 0) is 55.8 Å². The molecule has 0 aromatic carbocycles. The fraction of sp³-hybridized carbons (Fsp3) is 0.729. The Morgan fingerprint density at radius 2 is 0.515 bits per heavy atom. The van der Waals surface area contributed by atoms with E-state index in [1.165, 1.54) is 128 Å². The molecule has 0 fully saturated rings. The van der Waals surface area contributed by atoms with Gasteiger partial charge in [-0.25, -0.2) is 9.13 Å². The minimum Gasteiger partial charge on any atom is -0.463 e. The van der Waals surface area contributed by atoms with Crippen molar-refractivity contribution < 1.29 is 75.8 Å². The van der Waals surface area contributed by atoms with Crippen LogP contribution in [0.25, 0.3) is 0 Å². The Bertz CT molecular complexity index is 2360. The summed E-state index contributed by atoms with van der Waals surface area (Å²) in [5.41, 5.74) is 0. The fourth-order valence-corrected chi connectivity index (χ4v) is 12.6. The molecule has 16 nitrogen and oxygen atoms in total. The van der Waals surface area contributed by atoms with Gasteiger partial charge in [-0.2, -0.15) is 0 Å². The lowest BCUT2D eigenvalue weighted by molar-refractivity contribution is -0.161. The first kappa shape index (κ1) is 98.9. The van der Waals surface area contributed by atoms with E-state index in [2.05, 4.69) is 142 Å². The number of hydrogen-bond donors (Lipinski definition) is 4. The standard InChI is InChI=1S/C85H148O16P2/c1-4-7-10-13-16-19-22-25-28-30-32-33-34-35-36-37-38-39-40-41-42-43-44-45-47-49-51-53-56-59-62-65-68-71-83(88)95-74-80(86)75-97-102(91,92)98-76-81(87)77-99-103(93,94)100-79-82(101-85(90)73-70-67-64-61-58-55-50-27-24-21-18-15-12-9-6-3)78-96-84(89)72-69-66-63-60-57-54-52-48-46-31-29-26-23-20-17-14-11-8-5-2/h7-8,10-11,16-17,19-20,25-29,32-33,35-36,46,48,50,80-82,86-87H,4-6,9,12-15,18,21-24,30-31,34,37-45,47,49,51-79H2,1-3H3,(H,91,92)(H,93,94)/b10-7-,11-8-,19-16-,20-17-,28-25-,29-26-,33-32-,36-35-,48-46-,50-27-. The predicted octanol–water partition coefficient (Wildman–Crippen LogP) is 24.1. The molecular weight excluding hydrogens is 1340 g/mol. The molecule has 0 aromatic heterocycles. The zero-order chi connectivity index (χ0) is 75.2. The Morgan fingerprint density at radius 1 is 0.282 bits per heavy atom. The molecule has 0 aliphatic heterocycles. The third-order valence-electron chi connectivity index (χ3n) is 17.2. The van der Waals surface area contributed by atoms with Crippen molar-refractivity contribution in [3.8, 4) is 0 Å². The highest BCUT2D eigenvalue weighted by atomic mass is 31.2. The van der Waals surface area contributed by atoms with Crippen LogP contribution < -0.4 is 0 Å². The Hall–Kier alpha value is -4.05. The van der Waals surface area contributed by atoms with Crippen LogP contribution in [0.5, 0.6) is 0 Å². The lowest BCUT2D eigenvalue weighted by Crippen LogP contribution is -2.30. The number of carbonyl (C=O) groups excluding carboxylic acids is 3. The van der Waals surface area contributed by atoms with Gasteiger partial charge in [0, 0.05) is 19.3 Å². The van der Waals surface area contributed by atoms with Gasteiger partial charge in [-0.3, -0.25) is 32.5 Å². The number of ether oxygens (including phenoxy) is 3. The highest BCUT2D eigenvalue weighted by molar-refractivity contribution is 7.47. The van der Waals surface area contributed by atoms with Gasteiger partial charge in [0.1, 0.15) is 25.4 Å². The first-order valence-electron chi connectivity index (χ1n) is 40.8. The largest absolute Gasteiger partial charge is 0.472 e. The molecule has 103 heavy (non-hydrogen) atoms. The SMILES string of the molecule is CC/C=C\C/C=C\C/C=C\C/C=C\C/C=C\CCCCCCCCCCCCCCCCCCCC(=O)OCC(O)COP(=O)(O)OCC(O)COP(=O)(O)OCC(COC(=O)CCCCCCCC/C=C\C/C=C\C/C=C\C/C=C\CC)OC(=O)CCCCCCC/C=C\CCCCCCCC. The number of allylic oxidation sites excluding steroid dienone is 20. The maximum Gasteiger partial charge on any atom is 0.472 e. The van der Waals surface area contributed by atoms with Crippen molar-refractivity contribution in [2.75, 3.05) is 39.6 Å². The molecule has 4 N–H and O–H groups in total. The van der Waals surface area contributed by atoms with Crippen LogP contribution in [0.4, 0.5) is 0 Å². The van der Waals surface area contributed by atoms with Gasteiger partial charge in [0.2, 0.25) is 0 Å². The van der Waals surface area contributed by atoms with E-state index in [0.717, 1.165) is 154 Å². The Kier molecular flexibility index (Phi) is 74.5. The van der Waals surface area contributed by atoms with E-state index in [-0.39, 0.29) is 19.3 Å². The van der Waals surface area contributed by atoms with Crippen LogP contribution in [0.2, 0.25) is 0 Å². The molecule has 18 heteroatoms. The molecule has 0 aliphatic carbocycles. The zero-order valence-electron chi connectivity index (χ0n) is 65.0. The summed E-state index contributed by atoms with van der Waals surface area (Å²) >= 11 is 0. The maximum atomic E-state index is 13.0. The van der Waals surface area contributed by atoms with Gasteiger partial charge in [0.25, 0.3) is 0 Å². The second-order valence-electron chi connectivity index (χ2n) is 27.2. The van der Waals surface area contributed by atoms with E-state index in [1.807, 2.05) is 0 Å². The quantitative estimate of drug-likeness (QED) is 0.0146. The molecule has 594 valence electrons. The molecule has 0 aromatic rings. The van der Waals surface area contributed by atoms with Crippen LogP contribution >= 0.6 is 15.6 Å². The molecule has 0 radical (unpaired) electrons. The summed E-state index contributed by atoms with van der Waals surface area (Å²) in [4.78, 5) is 58.7. The molecular formula is C85H148O16P2. The summed E-state index contributed by atoms with van der Waals surface area (Å²) in [6.45, 7) is 2.45. The number of aliphatic hydroxyl groups is 2. The van der Waals surface area contributed by atoms with Gasteiger partial charge >= 0.3 is 33.6 Å². The van der Waals surface area contributed by atoms with Gasteiger partial charge in [0.05, 0.1) is 26.4 Å². The van der Waals surface area contributed by atoms with Crippen molar-refractivity contribution in [1.29, 1.82) is 0 Å². The van der Waals surface area contributed by atoms with E-state index in [9.17, 15) is 43.5 Å². The van der Waals surface area contributed by atoms with E-state index < -0.39 is 91.5 Å². The lowest BCUT2D eigenvalue weighted by Gasteiger charge is -2.21. The Morgan fingerprint density at radius 3 is 0.825 bits per heavy atom. The zero-order valence-corrected chi connectivity index (χ0v) is 66.7. The minimum absolute atomic E-state index is 0.0910. The summed E-state index contributed by atoms with van der Waals surface area (Å²) in [5.74, 6) is -1.59. The van der Waals surface area contributed by atoms with E-state index in [1.54, 1.807) is 0 Å². The molecule has 0 bridgehead atoms. The first-order chi connectivity index (χ1) is 50.2. The minimum atomic E-state index is -4.93.